The maximum Gasteiger partial charge on any atom is 0.140 e. The van der Waals surface area contributed by atoms with E-state index < -0.39 is 0 Å². The van der Waals surface area contributed by atoms with Crippen LogP contribution in [-0.2, 0) is 18.4 Å². The molecule has 2 aliphatic heterocycles. The summed E-state index contributed by atoms with van der Waals surface area (Å²) in [5.74, 6) is 1.63. The van der Waals surface area contributed by atoms with Gasteiger partial charge in [0.25, 0.3) is 0 Å². The summed E-state index contributed by atoms with van der Waals surface area (Å²) in [4.78, 5) is 14.7. The molecule has 1 aromatic heterocycles. The molecule has 0 radical (unpaired) electrons. The van der Waals surface area contributed by atoms with E-state index in [2.05, 4.69) is 91.0 Å². The quantitative estimate of drug-likeness (QED) is 0.293. The summed E-state index contributed by atoms with van der Waals surface area (Å²) in [6.07, 6.45) is 6.28. The second kappa shape index (κ2) is 16.5. The number of rotatable bonds is 4. The van der Waals surface area contributed by atoms with E-state index in [4.69, 9.17) is 10.7 Å². The van der Waals surface area contributed by atoms with Gasteiger partial charge in [0, 0.05) is 41.5 Å². The fourth-order valence-electron chi connectivity index (χ4n) is 6.97. The number of piperidine rings is 1. The first-order chi connectivity index (χ1) is 17.8. The molecule has 2 atom stereocenters. The van der Waals surface area contributed by atoms with Crippen molar-refractivity contribution in [1.29, 1.82) is 0 Å². The Labute approximate surface area is 295 Å². The molecule has 3 aromatic rings. The van der Waals surface area contributed by atoms with Gasteiger partial charge >= 0.3 is 0 Å². The molecule has 1 saturated heterocycles. The van der Waals surface area contributed by atoms with E-state index in [0.29, 0.717) is 5.92 Å². The van der Waals surface area contributed by atoms with Crippen molar-refractivity contribution in [3.63, 3.8) is 0 Å². The Morgan fingerprint density at radius 1 is 0.907 bits per heavy atom. The van der Waals surface area contributed by atoms with Gasteiger partial charge in [-0.1, -0.05) is 70.2 Å². The van der Waals surface area contributed by atoms with Gasteiger partial charge in [0.1, 0.15) is 12.1 Å². The van der Waals surface area contributed by atoms with Gasteiger partial charge in [0.05, 0.1) is 0 Å². The van der Waals surface area contributed by atoms with E-state index in [1.54, 1.807) is 6.33 Å². The van der Waals surface area contributed by atoms with Gasteiger partial charge < -0.3 is 10.6 Å². The fourth-order valence-corrected chi connectivity index (χ4v) is 6.97. The predicted molar refractivity (Wildman–Crippen MR) is 195 cm³/mol. The molecule has 6 rings (SSSR count). The standard InChI is InChI=1S/C32H41N5.6ClH/c1-22-13-14-25-27(22)30(35-21-34-25)37-20-32(15-17-36(18-16-32)19-23-9-6-5-7-10-23)28-24(11-8-12-26(28)37)29(33)31(2,3)4;;;;;;/h5-12,21-22,29H,13-20,33H2,1-4H3;6*1H/t22?,29-;;;;;;/m0....../s1. The summed E-state index contributed by atoms with van der Waals surface area (Å²) >= 11 is 0. The van der Waals surface area contributed by atoms with Crippen molar-refractivity contribution in [1.82, 2.24) is 14.9 Å². The molecule has 2 aromatic carbocycles. The second-order valence-corrected chi connectivity index (χ2v) is 12.7. The molecular weight excluding hydrogens is 667 g/mol. The van der Waals surface area contributed by atoms with E-state index in [9.17, 15) is 0 Å². The third-order valence-electron chi connectivity index (χ3n) is 9.19. The maximum atomic E-state index is 7.01. The highest BCUT2D eigenvalue weighted by Gasteiger charge is 2.48. The van der Waals surface area contributed by atoms with Crippen molar-refractivity contribution in [3.8, 4) is 0 Å². The topological polar surface area (TPSA) is 58.3 Å². The molecule has 3 heterocycles. The van der Waals surface area contributed by atoms with Crippen LogP contribution < -0.4 is 10.6 Å². The van der Waals surface area contributed by atoms with Crippen LogP contribution >= 0.6 is 74.4 Å². The molecule has 3 aliphatic rings. The lowest BCUT2D eigenvalue weighted by molar-refractivity contribution is 0.159. The van der Waals surface area contributed by atoms with E-state index in [-0.39, 0.29) is 91.3 Å². The van der Waals surface area contributed by atoms with Crippen LogP contribution in [0.15, 0.2) is 54.9 Å². The Kier molecular flexibility index (Phi) is 16.1. The van der Waals surface area contributed by atoms with Crippen molar-refractivity contribution in [3.05, 3.63) is 82.8 Å². The Bertz CT molecular complexity index is 1300. The van der Waals surface area contributed by atoms with Gasteiger partial charge in [-0.2, -0.15) is 0 Å². The zero-order valence-corrected chi connectivity index (χ0v) is 30.2. The number of anilines is 2. The summed E-state index contributed by atoms with van der Waals surface area (Å²) in [6, 6.07) is 17.7. The minimum atomic E-state index is -0.0170. The fraction of sp³-hybridized carbons (Fsp3) is 0.500. The predicted octanol–water partition coefficient (Wildman–Crippen LogP) is 8.79. The van der Waals surface area contributed by atoms with Gasteiger partial charge in [-0.15, -0.1) is 74.4 Å². The third-order valence-corrected chi connectivity index (χ3v) is 9.19. The lowest BCUT2D eigenvalue weighted by atomic mass is 9.69. The van der Waals surface area contributed by atoms with Gasteiger partial charge in [-0.05, 0) is 72.9 Å². The number of likely N-dealkylation sites (tertiary alicyclic amines) is 1. The number of halogens is 6. The van der Waals surface area contributed by atoms with Gasteiger partial charge in [-0.25, -0.2) is 9.97 Å². The normalized spacial score (nSPS) is 18.7. The molecule has 242 valence electrons. The lowest BCUT2D eigenvalue weighted by Crippen LogP contribution is -2.45. The molecule has 1 aliphatic carbocycles. The Balaban J connectivity index is 0.00000294. The van der Waals surface area contributed by atoms with Gasteiger partial charge in [0.2, 0.25) is 0 Å². The van der Waals surface area contributed by atoms with Crippen LogP contribution in [0.25, 0.3) is 0 Å². The molecule has 43 heavy (non-hydrogen) atoms. The van der Waals surface area contributed by atoms with Crippen molar-refractivity contribution in [2.24, 2.45) is 11.1 Å². The summed E-state index contributed by atoms with van der Waals surface area (Å²) in [5.41, 5.74) is 15.2. The first kappa shape index (κ1) is 42.0. The van der Waals surface area contributed by atoms with Crippen molar-refractivity contribution in [2.75, 3.05) is 24.5 Å². The molecular formula is C32H47Cl6N5. The number of nitrogens with two attached hydrogens (primary N) is 1. The summed E-state index contributed by atoms with van der Waals surface area (Å²) in [7, 11) is 0. The molecule has 11 heteroatoms. The zero-order valence-electron chi connectivity index (χ0n) is 25.3. The van der Waals surface area contributed by atoms with Crippen molar-refractivity contribution in [2.45, 2.75) is 77.3 Å². The highest BCUT2D eigenvalue weighted by atomic mass is 35.5. The van der Waals surface area contributed by atoms with Crippen LogP contribution in [0.1, 0.15) is 86.9 Å². The lowest BCUT2D eigenvalue weighted by Gasteiger charge is -2.42. The van der Waals surface area contributed by atoms with E-state index in [0.717, 1.165) is 57.7 Å². The molecule has 2 N–H and O–H groups in total. The number of aromatic nitrogens is 2. The number of nitrogens with zero attached hydrogens (tertiary/aromatic N) is 4. The van der Waals surface area contributed by atoms with E-state index in [1.165, 1.54) is 33.6 Å². The zero-order chi connectivity index (χ0) is 25.8. The van der Waals surface area contributed by atoms with Crippen LogP contribution in [-0.4, -0.2) is 34.5 Å². The highest BCUT2D eigenvalue weighted by Crippen LogP contribution is 2.54. The highest BCUT2D eigenvalue weighted by molar-refractivity contribution is 5.86. The molecule has 0 amide bonds. The Morgan fingerprint density at radius 2 is 1.56 bits per heavy atom. The third kappa shape index (κ3) is 7.86. The number of hydrogen-bond acceptors (Lipinski definition) is 5. The van der Waals surface area contributed by atoms with Crippen LogP contribution in [0, 0.1) is 5.41 Å². The number of benzene rings is 2. The van der Waals surface area contributed by atoms with Crippen LogP contribution in [0.4, 0.5) is 11.5 Å². The molecule has 5 nitrogen and oxygen atoms in total. The minimum Gasteiger partial charge on any atom is -0.325 e. The van der Waals surface area contributed by atoms with Crippen molar-refractivity contribution < 1.29 is 0 Å². The summed E-state index contributed by atoms with van der Waals surface area (Å²) in [6.45, 7) is 13.3. The largest absolute Gasteiger partial charge is 0.325 e. The van der Waals surface area contributed by atoms with Crippen LogP contribution in [0.5, 0.6) is 0 Å². The molecule has 0 saturated carbocycles. The molecule has 0 bridgehead atoms. The Hall–Kier alpha value is -1.02. The van der Waals surface area contributed by atoms with E-state index in [1.807, 2.05) is 0 Å². The average Bonchev–Trinajstić information content (AvgIpc) is 3.43. The Morgan fingerprint density at radius 3 is 2.19 bits per heavy atom. The number of hydrogen-bond donors (Lipinski definition) is 1. The van der Waals surface area contributed by atoms with Gasteiger partial charge in [0.15, 0.2) is 0 Å². The van der Waals surface area contributed by atoms with Gasteiger partial charge in [-0.3, -0.25) is 4.90 Å². The van der Waals surface area contributed by atoms with Crippen molar-refractivity contribution >= 4 is 85.9 Å². The number of fused-ring (bicyclic) bond motifs is 3. The number of aryl methyl sites for hydroxylation is 1. The summed E-state index contributed by atoms with van der Waals surface area (Å²) in [5, 5.41) is 0. The summed E-state index contributed by atoms with van der Waals surface area (Å²) < 4.78 is 0. The maximum absolute atomic E-state index is 7.01. The van der Waals surface area contributed by atoms with E-state index >= 15 is 0 Å². The first-order valence-electron chi connectivity index (χ1n) is 14.0. The molecule has 1 unspecified atom stereocenters. The minimum absolute atomic E-state index is 0. The second-order valence-electron chi connectivity index (χ2n) is 12.7. The van der Waals surface area contributed by atoms with Crippen LogP contribution in [0.2, 0.25) is 0 Å². The van der Waals surface area contributed by atoms with Crippen LogP contribution in [0.3, 0.4) is 0 Å². The first-order valence-corrected chi connectivity index (χ1v) is 14.0. The smallest absolute Gasteiger partial charge is 0.140 e. The molecule has 1 spiro atoms. The molecule has 1 fully saturated rings. The monoisotopic (exact) mass is 711 g/mol. The SMILES string of the molecule is CC1CCc2ncnc(N3CC4(CCN(Cc5ccccc5)CC4)c4c([C@H](N)C(C)(C)C)cccc43)c21.Cl.Cl.Cl.Cl.Cl.Cl. The average molecular weight is 714 g/mol.